The van der Waals surface area contributed by atoms with Crippen LogP contribution in [0.1, 0.15) is 39.5 Å². The van der Waals surface area contributed by atoms with Gasteiger partial charge in [0.25, 0.3) is 0 Å². The average molecular weight is 169 g/mol. The van der Waals surface area contributed by atoms with E-state index in [9.17, 15) is 4.79 Å². The van der Waals surface area contributed by atoms with Crippen molar-refractivity contribution in [2.75, 3.05) is 6.54 Å². The predicted molar refractivity (Wildman–Crippen MR) is 50.1 cm³/mol. The van der Waals surface area contributed by atoms with Gasteiger partial charge in [0, 0.05) is 18.4 Å². The normalized spacial score (nSPS) is 29.2. The fourth-order valence-electron chi connectivity index (χ4n) is 1.83. The topological polar surface area (TPSA) is 29.1 Å². The smallest absolute Gasteiger partial charge is 0.137 e. The quantitative estimate of drug-likeness (QED) is 0.694. The molecule has 0 aromatic carbocycles. The Hall–Kier alpha value is -0.370. The molecule has 2 unspecified atom stereocenters. The fourth-order valence-corrected chi connectivity index (χ4v) is 1.83. The molecule has 0 radical (unpaired) electrons. The van der Waals surface area contributed by atoms with Crippen LogP contribution in [0.2, 0.25) is 0 Å². The van der Waals surface area contributed by atoms with Gasteiger partial charge >= 0.3 is 0 Å². The van der Waals surface area contributed by atoms with Crippen LogP contribution in [-0.2, 0) is 4.79 Å². The Balaban J connectivity index is 2.30. The van der Waals surface area contributed by atoms with Crippen molar-refractivity contribution in [2.45, 2.75) is 45.6 Å². The molecule has 0 aliphatic carbocycles. The molecule has 1 aliphatic heterocycles. The maximum atomic E-state index is 11.6. The Morgan fingerprint density at radius 3 is 2.83 bits per heavy atom. The molecule has 2 atom stereocenters. The first kappa shape index (κ1) is 9.72. The van der Waals surface area contributed by atoms with E-state index in [-0.39, 0.29) is 0 Å². The summed E-state index contributed by atoms with van der Waals surface area (Å²) in [5.74, 6) is 0.769. The lowest BCUT2D eigenvalue weighted by Crippen LogP contribution is -2.28. The molecule has 2 heteroatoms. The van der Waals surface area contributed by atoms with Gasteiger partial charge in [0.15, 0.2) is 0 Å². The van der Waals surface area contributed by atoms with Crippen LogP contribution < -0.4 is 5.32 Å². The molecule has 0 spiro atoms. The number of hydrogen-bond acceptors (Lipinski definition) is 2. The summed E-state index contributed by atoms with van der Waals surface area (Å²) in [7, 11) is 0. The molecule has 0 aromatic heterocycles. The highest BCUT2D eigenvalue weighted by atomic mass is 16.1. The first-order valence-electron chi connectivity index (χ1n) is 5.01. The lowest BCUT2D eigenvalue weighted by molar-refractivity contribution is -0.123. The van der Waals surface area contributed by atoms with Gasteiger partial charge in [0.2, 0.25) is 0 Å². The minimum atomic E-state index is 0.302. The van der Waals surface area contributed by atoms with Crippen molar-refractivity contribution in [3.05, 3.63) is 0 Å². The number of unbranched alkanes of at least 4 members (excludes halogenated alkanes) is 1. The van der Waals surface area contributed by atoms with Gasteiger partial charge in [-0.25, -0.2) is 0 Å². The van der Waals surface area contributed by atoms with E-state index < -0.39 is 0 Å². The highest BCUT2D eigenvalue weighted by Crippen LogP contribution is 2.18. The third-order valence-electron chi connectivity index (χ3n) is 2.72. The Bertz CT molecular complexity index is 156. The molecule has 12 heavy (non-hydrogen) atoms. The summed E-state index contributed by atoms with van der Waals surface area (Å²) in [4.78, 5) is 11.6. The minimum Gasteiger partial charge on any atom is -0.314 e. The monoisotopic (exact) mass is 169 g/mol. The molecule has 1 N–H and O–H groups in total. The SMILES string of the molecule is CCCCC(=O)C1CCNC1C. The molecule has 1 rings (SSSR count). The zero-order chi connectivity index (χ0) is 8.97. The van der Waals surface area contributed by atoms with E-state index in [4.69, 9.17) is 0 Å². The van der Waals surface area contributed by atoms with Crippen molar-refractivity contribution in [1.29, 1.82) is 0 Å². The first-order valence-corrected chi connectivity index (χ1v) is 5.01. The number of nitrogens with one attached hydrogen (secondary N) is 1. The molecule has 0 amide bonds. The summed E-state index contributed by atoms with van der Waals surface area (Å²) in [5.41, 5.74) is 0. The van der Waals surface area contributed by atoms with Gasteiger partial charge in [0.05, 0.1) is 0 Å². The molecule has 0 saturated carbocycles. The van der Waals surface area contributed by atoms with Crippen LogP contribution in [-0.4, -0.2) is 18.4 Å². The number of carbonyl (C=O) groups is 1. The van der Waals surface area contributed by atoms with Crippen LogP contribution >= 0.6 is 0 Å². The molecular formula is C10H19NO. The summed E-state index contributed by atoms with van der Waals surface area (Å²) in [6.07, 6.45) is 4.01. The van der Waals surface area contributed by atoms with Gasteiger partial charge in [-0.1, -0.05) is 13.3 Å². The Morgan fingerprint density at radius 2 is 2.33 bits per heavy atom. The minimum absolute atomic E-state index is 0.302. The fraction of sp³-hybridized carbons (Fsp3) is 0.900. The van der Waals surface area contributed by atoms with Crippen LogP contribution in [0.5, 0.6) is 0 Å². The summed E-state index contributed by atoms with van der Waals surface area (Å²) < 4.78 is 0. The van der Waals surface area contributed by atoms with E-state index in [1.165, 1.54) is 0 Å². The summed E-state index contributed by atoms with van der Waals surface area (Å²) in [6.45, 7) is 5.26. The second-order valence-electron chi connectivity index (χ2n) is 3.71. The predicted octanol–water partition coefficient (Wildman–Crippen LogP) is 1.74. The van der Waals surface area contributed by atoms with Crippen molar-refractivity contribution in [1.82, 2.24) is 5.32 Å². The average Bonchev–Trinajstić information content (AvgIpc) is 2.47. The molecule has 1 fully saturated rings. The second-order valence-corrected chi connectivity index (χ2v) is 3.71. The second kappa shape index (κ2) is 4.61. The van der Waals surface area contributed by atoms with E-state index in [2.05, 4.69) is 19.2 Å². The van der Waals surface area contributed by atoms with E-state index >= 15 is 0 Å². The molecule has 1 saturated heterocycles. The number of rotatable bonds is 4. The molecule has 1 heterocycles. The Kier molecular flexibility index (Phi) is 3.73. The van der Waals surface area contributed by atoms with Gasteiger partial charge in [-0.3, -0.25) is 4.79 Å². The van der Waals surface area contributed by atoms with Gasteiger partial charge in [-0.15, -0.1) is 0 Å². The van der Waals surface area contributed by atoms with Crippen LogP contribution in [0.25, 0.3) is 0 Å². The maximum Gasteiger partial charge on any atom is 0.137 e. The zero-order valence-corrected chi connectivity index (χ0v) is 8.10. The largest absolute Gasteiger partial charge is 0.314 e. The van der Waals surface area contributed by atoms with Crippen LogP contribution in [0.3, 0.4) is 0 Å². The van der Waals surface area contributed by atoms with Crippen LogP contribution in [0, 0.1) is 5.92 Å². The van der Waals surface area contributed by atoms with Crippen molar-refractivity contribution in [2.24, 2.45) is 5.92 Å². The van der Waals surface area contributed by atoms with Gasteiger partial charge < -0.3 is 5.32 Å². The Labute approximate surface area is 74.7 Å². The van der Waals surface area contributed by atoms with Crippen molar-refractivity contribution in [3.63, 3.8) is 0 Å². The molecule has 1 aliphatic rings. The first-order chi connectivity index (χ1) is 5.75. The van der Waals surface area contributed by atoms with E-state index in [0.717, 1.165) is 32.2 Å². The number of ketones is 1. The van der Waals surface area contributed by atoms with Gasteiger partial charge in [-0.2, -0.15) is 0 Å². The van der Waals surface area contributed by atoms with Gasteiger partial charge in [0.1, 0.15) is 5.78 Å². The molecule has 0 aromatic rings. The van der Waals surface area contributed by atoms with Crippen LogP contribution in [0.4, 0.5) is 0 Å². The van der Waals surface area contributed by atoms with E-state index in [1.54, 1.807) is 0 Å². The number of Topliss-reactive ketones (excluding diaryl/α,β-unsaturated/α-hetero) is 1. The molecule has 0 bridgehead atoms. The highest BCUT2D eigenvalue weighted by molar-refractivity contribution is 5.81. The van der Waals surface area contributed by atoms with Crippen LogP contribution in [0.15, 0.2) is 0 Å². The highest BCUT2D eigenvalue weighted by Gasteiger charge is 2.28. The lowest BCUT2D eigenvalue weighted by atomic mass is 9.94. The zero-order valence-electron chi connectivity index (χ0n) is 8.10. The molecule has 2 nitrogen and oxygen atoms in total. The van der Waals surface area contributed by atoms with Crippen molar-refractivity contribution >= 4 is 5.78 Å². The number of hydrogen-bond donors (Lipinski definition) is 1. The van der Waals surface area contributed by atoms with Crippen molar-refractivity contribution < 1.29 is 4.79 Å². The van der Waals surface area contributed by atoms with Crippen molar-refractivity contribution in [3.8, 4) is 0 Å². The Morgan fingerprint density at radius 1 is 1.58 bits per heavy atom. The maximum absolute atomic E-state index is 11.6. The summed E-state index contributed by atoms with van der Waals surface area (Å²) >= 11 is 0. The standard InChI is InChI=1S/C10H19NO/c1-3-4-5-10(12)9-6-7-11-8(9)2/h8-9,11H,3-7H2,1-2H3. The van der Waals surface area contributed by atoms with E-state index in [1.807, 2.05) is 0 Å². The third kappa shape index (κ3) is 2.31. The third-order valence-corrected chi connectivity index (χ3v) is 2.72. The summed E-state index contributed by atoms with van der Waals surface area (Å²) in [5, 5.41) is 3.31. The lowest BCUT2D eigenvalue weighted by Gasteiger charge is -2.12. The molecule has 70 valence electrons. The van der Waals surface area contributed by atoms with E-state index in [0.29, 0.717) is 17.7 Å². The van der Waals surface area contributed by atoms with Gasteiger partial charge in [-0.05, 0) is 26.3 Å². The molecular weight excluding hydrogens is 150 g/mol. The number of carbonyl (C=O) groups excluding carboxylic acids is 1. The summed E-state index contributed by atoms with van der Waals surface area (Å²) in [6, 6.07) is 0.411.